The Hall–Kier alpha value is -1.56. The second kappa shape index (κ2) is 4.79. The van der Waals surface area contributed by atoms with Crippen LogP contribution in [0.25, 0.3) is 0 Å². The van der Waals surface area contributed by atoms with E-state index in [1.165, 1.54) is 23.7 Å². The molecular formula is C8H10ClN3O3. The minimum absolute atomic E-state index is 0.119. The molecule has 82 valence electrons. The third-order valence-electron chi connectivity index (χ3n) is 1.90. The molecule has 0 aliphatic heterocycles. The van der Waals surface area contributed by atoms with Crippen molar-refractivity contribution in [3.63, 3.8) is 0 Å². The predicted octanol–water partition coefficient (Wildman–Crippen LogP) is 0.902. The summed E-state index contributed by atoms with van der Waals surface area (Å²) in [5, 5.41) is 13.0. The Morgan fingerprint density at radius 2 is 2.33 bits per heavy atom. The van der Waals surface area contributed by atoms with Crippen molar-refractivity contribution < 1.29 is 9.72 Å². The van der Waals surface area contributed by atoms with Crippen molar-refractivity contribution in [1.29, 1.82) is 0 Å². The molecule has 0 bridgehead atoms. The Morgan fingerprint density at radius 1 is 1.67 bits per heavy atom. The number of carbonyl (C=O) groups excluding carboxylic acids is 1. The van der Waals surface area contributed by atoms with Gasteiger partial charge >= 0.3 is 5.82 Å². The van der Waals surface area contributed by atoms with E-state index in [1.807, 2.05) is 0 Å². The van der Waals surface area contributed by atoms with Gasteiger partial charge in [-0.2, -0.15) is 0 Å². The first-order chi connectivity index (χ1) is 7.07. The number of nitro groups is 1. The van der Waals surface area contributed by atoms with Crippen molar-refractivity contribution in [2.75, 3.05) is 12.4 Å². The van der Waals surface area contributed by atoms with Crippen LogP contribution in [-0.2, 0) is 7.05 Å². The lowest BCUT2D eigenvalue weighted by atomic mass is 10.4. The largest absolute Gasteiger partial charge is 0.358 e. The van der Waals surface area contributed by atoms with Crippen LogP contribution in [0.2, 0.25) is 0 Å². The molecule has 0 aliphatic carbocycles. The zero-order valence-electron chi connectivity index (χ0n) is 8.07. The van der Waals surface area contributed by atoms with E-state index in [0.717, 1.165) is 0 Å². The molecule has 0 saturated heterocycles. The van der Waals surface area contributed by atoms with Crippen molar-refractivity contribution in [3.8, 4) is 0 Å². The fourth-order valence-electron chi connectivity index (χ4n) is 1.16. The van der Waals surface area contributed by atoms with Gasteiger partial charge in [0, 0.05) is 18.5 Å². The molecule has 1 aromatic rings. The molecule has 0 radical (unpaired) electrons. The summed E-state index contributed by atoms with van der Waals surface area (Å²) in [6.07, 6.45) is 0. The second-order valence-electron chi connectivity index (χ2n) is 2.84. The lowest BCUT2D eigenvalue weighted by Crippen LogP contribution is -2.27. The molecule has 1 heterocycles. The Morgan fingerprint density at radius 3 is 2.80 bits per heavy atom. The van der Waals surface area contributed by atoms with Gasteiger partial charge in [-0.1, -0.05) is 0 Å². The van der Waals surface area contributed by atoms with Crippen LogP contribution in [0.4, 0.5) is 5.82 Å². The van der Waals surface area contributed by atoms with E-state index in [9.17, 15) is 14.9 Å². The third kappa shape index (κ3) is 2.47. The maximum atomic E-state index is 11.4. The summed E-state index contributed by atoms with van der Waals surface area (Å²) in [6.45, 7) is 0.333. The van der Waals surface area contributed by atoms with Gasteiger partial charge in [-0.3, -0.25) is 4.79 Å². The number of rotatable bonds is 4. The lowest BCUT2D eigenvalue weighted by molar-refractivity contribution is -0.391. The van der Waals surface area contributed by atoms with E-state index in [4.69, 9.17) is 11.6 Å². The van der Waals surface area contributed by atoms with E-state index in [0.29, 0.717) is 12.4 Å². The predicted molar refractivity (Wildman–Crippen MR) is 55.1 cm³/mol. The molecule has 0 aromatic carbocycles. The van der Waals surface area contributed by atoms with E-state index in [-0.39, 0.29) is 17.4 Å². The van der Waals surface area contributed by atoms with Gasteiger partial charge in [0.15, 0.2) is 5.69 Å². The van der Waals surface area contributed by atoms with Crippen LogP contribution >= 0.6 is 11.6 Å². The number of aromatic nitrogens is 1. The highest BCUT2D eigenvalue weighted by atomic mass is 35.5. The van der Waals surface area contributed by atoms with E-state index in [1.54, 1.807) is 0 Å². The van der Waals surface area contributed by atoms with Crippen molar-refractivity contribution in [2.45, 2.75) is 0 Å². The number of nitrogens with one attached hydrogen (secondary N) is 1. The first-order valence-electron chi connectivity index (χ1n) is 4.22. The van der Waals surface area contributed by atoms with Gasteiger partial charge in [0.25, 0.3) is 5.91 Å². The summed E-state index contributed by atoms with van der Waals surface area (Å²) in [7, 11) is 1.47. The summed E-state index contributed by atoms with van der Waals surface area (Å²) >= 11 is 5.40. The number of hydrogen-bond acceptors (Lipinski definition) is 3. The van der Waals surface area contributed by atoms with Crippen LogP contribution in [-0.4, -0.2) is 27.8 Å². The minimum Gasteiger partial charge on any atom is -0.358 e. The first kappa shape index (κ1) is 11.5. The third-order valence-corrected chi connectivity index (χ3v) is 2.08. The number of nitrogens with zero attached hydrogens (tertiary/aromatic N) is 2. The Labute approximate surface area is 91.0 Å². The van der Waals surface area contributed by atoms with E-state index >= 15 is 0 Å². The Balaban J connectivity index is 2.86. The Kier molecular flexibility index (Phi) is 3.68. The zero-order valence-corrected chi connectivity index (χ0v) is 8.82. The molecule has 0 atom stereocenters. The van der Waals surface area contributed by atoms with Crippen molar-refractivity contribution in [3.05, 3.63) is 27.9 Å². The standard InChI is InChI=1S/C8H10ClN3O3/c1-11-6(8(13)10-5-4-9)2-3-7(11)12(14)15/h2-3H,4-5H2,1H3,(H,10,13). The zero-order chi connectivity index (χ0) is 11.4. The number of amides is 1. The average Bonchev–Trinajstić information content (AvgIpc) is 2.56. The molecule has 6 nitrogen and oxygen atoms in total. The van der Waals surface area contributed by atoms with Gasteiger partial charge in [0.2, 0.25) is 0 Å². The monoisotopic (exact) mass is 231 g/mol. The van der Waals surface area contributed by atoms with Crippen LogP contribution < -0.4 is 5.32 Å². The number of halogens is 1. The summed E-state index contributed by atoms with van der Waals surface area (Å²) in [6, 6.07) is 2.69. The smallest absolute Gasteiger partial charge is 0.323 e. The number of alkyl halides is 1. The van der Waals surface area contributed by atoms with E-state index in [2.05, 4.69) is 5.32 Å². The molecular weight excluding hydrogens is 222 g/mol. The molecule has 1 amide bonds. The topological polar surface area (TPSA) is 77.2 Å². The molecule has 0 fully saturated rings. The van der Waals surface area contributed by atoms with Gasteiger partial charge < -0.3 is 15.4 Å². The Bertz CT molecular complexity index is 388. The summed E-state index contributed by atoms with van der Waals surface area (Å²) in [4.78, 5) is 21.4. The van der Waals surface area contributed by atoms with Gasteiger partial charge in [-0.05, 0) is 11.0 Å². The molecule has 0 saturated carbocycles. The highest BCUT2D eigenvalue weighted by Crippen LogP contribution is 2.14. The molecule has 1 N–H and O–H groups in total. The van der Waals surface area contributed by atoms with Crippen LogP contribution in [0.1, 0.15) is 10.5 Å². The van der Waals surface area contributed by atoms with Crippen LogP contribution in [0.3, 0.4) is 0 Å². The average molecular weight is 232 g/mol. The van der Waals surface area contributed by atoms with Crippen LogP contribution in [0, 0.1) is 10.1 Å². The molecule has 15 heavy (non-hydrogen) atoms. The van der Waals surface area contributed by atoms with Crippen LogP contribution in [0.5, 0.6) is 0 Å². The highest BCUT2D eigenvalue weighted by Gasteiger charge is 2.19. The van der Waals surface area contributed by atoms with Crippen molar-refractivity contribution >= 4 is 23.3 Å². The number of hydrogen-bond donors (Lipinski definition) is 1. The van der Waals surface area contributed by atoms with Crippen LogP contribution in [0.15, 0.2) is 12.1 Å². The van der Waals surface area contributed by atoms with Gasteiger partial charge in [-0.25, -0.2) is 4.57 Å². The van der Waals surface area contributed by atoms with Gasteiger partial charge in [0.05, 0.1) is 7.05 Å². The minimum atomic E-state index is -0.543. The second-order valence-corrected chi connectivity index (χ2v) is 3.22. The molecule has 0 unspecified atom stereocenters. The fourth-order valence-corrected chi connectivity index (χ4v) is 1.26. The highest BCUT2D eigenvalue weighted by molar-refractivity contribution is 6.18. The normalized spacial score (nSPS) is 10.0. The summed E-state index contributed by atoms with van der Waals surface area (Å²) in [5.74, 6) is -0.185. The molecule has 1 rings (SSSR count). The molecule has 7 heteroatoms. The maximum absolute atomic E-state index is 11.4. The molecule has 1 aromatic heterocycles. The quantitative estimate of drug-likeness (QED) is 0.475. The maximum Gasteiger partial charge on any atom is 0.323 e. The molecule has 0 aliphatic rings. The van der Waals surface area contributed by atoms with Crippen molar-refractivity contribution in [1.82, 2.24) is 9.88 Å². The SMILES string of the molecule is Cn1c(C(=O)NCCCl)ccc1[N+](=O)[O-]. The molecule has 0 spiro atoms. The first-order valence-corrected chi connectivity index (χ1v) is 4.75. The van der Waals surface area contributed by atoms with Gasteiger partial charge in [0.1, 0.15) is 0 Å². The van der Waals surface area contributed by atoms with Crippen molar-refractivity contribution in [2.24, 2.45) is 7.05 Å². The summed E-state index contributed by atoms with van der Waals surface area (Å²) in [5.41, 5.74) is 0.242. The lowest BCUT2D eigenvalue weighted by Gasteiger charge is -2.01. The fraction of sp³-hybridized carbons (Fsp3) is 0.375. The van der Waals surface area contributed by atoms with E-state index < -0.39 is 4.92 Å². The summed E-state index contributed by atoms with van der Waals surface area (Å²) < 4.78 is 1.23. The van der Waals surface area contributed by atoms with Gasteiger partial charge in [-0.15, -0.1) is 11.6 Å². The number of carbonyl (C=O) groups is 1.